The highest BCUT2D eigenvalue weighted by atomic mass is 32.2. The Labute approximate surface area is 127 Å². The number of thioether (sulfide) groups is 1. The van der Waals surface area contributed by atoms with Gasteiger partial charge in [0.2, 0.25) is 0 Å². The van der Waals surface area contributed by atoms with Gasteiger partial charge in [0, 0.05) is 37.9 Å². The number of hydrogen-bond donors (Lipinski definition) is 1. The first kappa shape index (κ1) is 16.0. The molecule has 0 bridgehead atoms. The number of urea groups is 1. The number of amides is 2. The van der Waals surface area contributed by atoms with E-state index in [1.54, 1.807) is 0 Å². The Hall–Kier alpha value is -0.420. The molecule has 2 aliphatic rings. The minimum absolute atomic E-state index is 0.112. The molecule has 0 radical (unpaired) electrons. The smallest absolute Gasteiger partial charge is 0.317 e. The van der Waals surface area contributed by atoms with E-state index in [9.17, 15) is 4.79 Å². The third-order valence-corrected chi connectivity index (χ3v) is 5.22. The van der Waals surface area contributed by atoms with Crippen LogP contribution in [0.4, 0.5) is 4.79 Å². The van der Waals surface area contributed by atoms with Gasteiger partial charge in [0.1, 0.15) is 0 Å². The summed E-state index contributed by atoms with van der Waals surface area (Å²) in [5.41, 5.74) is 0. The Kier molecular flexibility index (Phi) is 6.49. The second kappa shape index (κ2) is 8.13. The van der Waals surface area contributed by atoms with Crippen molar-refractivity contribution in [1.82, 2.24) is 10.2 Å². The van der Waals surface area contributed by atoms with E-state index >= 15 is 0 Å². The predicted octanol–water partition coefficient (Wildman–Crippen LogP) is 2.59. The molecule has 2 amide bonds. The minimum Gasteiger partial charge on any atom is -0.378 e. The Balaban J connectivity index is 1.79. The largest absolute Gasteiger partial charge is 0.378 e. The molecule has 2 fully saturated rings. The van der Waals surface area contributed by atoms with Crippen molar-refractivity contribution in [2.24, 2.45) is 11.8 Å². The summed E-state index contributed by atoms with van der Waals surface area (Å²) in [7, 11) is 0. The van der Waals surface area contributed by atoms with E-state index in [1.807, 2.05) is 16.7 Å². The van der Waals surface area contributed by atoms with Crippen LogP contribution in [0.1, 0.15) is 33.1 Å². The van der Waals surface area contributed by atoms with Crippen molar-refractivity contribution in [1.29, 1.82) is 0 Å². The van der Waals surface area contributed by atoms with E-state index < -0.39 is 0 Å². The summed E-state index contributed by atoms with van der Waals surface area (Å²) < 4.78 is 5.88. The Morgan fingerprint density at radius 3 is 3.00 bits per heavy atom. The van der Waals surface area contributed by atoms with E-state index in [0.29, 0.717) is 17.9 Å². The van der Waals surface area contributed by atoms with Crippen molar-refractivity contribution in [3.8, 4) is 0 Å². The van der Waals surface area contributed by atoms with Gasteiger partial charge >= 0.3 is 6.03 Å². The first-order chi connectivity index (χ1) is 9.68. The van der Waals surface area contributed by atoms with Crippen LogP contribution in [0, 0.1) is 11.8 Å². The third kappa shape index (κ3) is 4.55. The van der Waals surface area contributed by atoms with Gasteiger partial charge < -0.3 is 15.0 Å². The molecule has 0 aromatic heterocycles. The second-order valence-corrected chi connectivity index (χ2v) is 7.35. The molecule has 0 saturated carbocycles. The van der Waals surface area contributed by atoms with Gasteiger partial charge in [0.05, 0.1) is 6.10 Å². The molecule has 0 aromatic rings. The molecule has 0 spiro atoms. The van der Waals surface area contributed by atoms with Gasteiger partial charge in [-0.05, 0) is 30.9 Å². The molecule has 0 aromatic carbocycles. The number of rotatable bonds is 3. The van der Waals surface area contributed by atoms with Crippen LogP contribution >= 0.6 is 11.8 Å². The zero-order chi connectivity index (χ0) is 14.4. The Morgan fingerprint density at radius 1 is 1.35 bits per heavy atom. The lowest BCUT2D eigenvalue weighted by Crippen LogP contribution is -2.46. The maximum atomic E-state index is 12.2. The topological polar surface area (TPSA) is 41.6 Å². The molecule has 2 saturated heterocycles. The van der Waals surface area contributed by atoms with Crippen molar-refractivity contribution < 1.29 is 9.53 Å². The normalized spacial score (nSPS) is 28.2. The van der Waals surface area contributed by atoms with Crippen LogP contribution in [-0.4, -0.2) is 54.8 Å². The van der Waals surface area contributed by atoms with Gasteiger partial charge in [-0.2, -0.15) is 11.8 Å². The van der Waals surface area contributed by atoms with Gasteiger partial charge in [-0.25, -0.2) is 4.79 Å². The van der Waals surface area contributed by atoms with Crippen LogP contribution in [0.2, 0.25) is 0 Å². The molecule has 20 heavy (non-hydrogen) atoms. The Bertz CT molecular complexity index is 304. The molecule has 2 aliphatic heterocycles. The van der Waals surface area contributed by atoms with Crippen LogP contribution in [0.25, 0.3) is 0 Å². The standard InChI is InChI=1S/C15H28N2O2S/c1-12(2)14-13(5-3-8-19-14)11-16-15(18)17-6-4-9-20-10-7-17/h12-14H,3-11H2,1-2H3,(H,16,18)/t13-,14+/m0/s1. The van der Waals surface area contributed by atoms with Gasteiger partial charge in [-0.15, -0.1) is 0 Å². The summed E-state index contributed by atoms with van der Waals surface area (Å²) in [6.45, 7) is 7.81. The highest BCUT2D eigenvalue weighted by molar-refractivity contribution is 7.99. The molecular formula is C15H28N2O2S. The zero-order valence-electron chi connectivity index (χ0n) is 12.8. The second-order valence-electron chi connectivity index (χ2n) is 6.12. The zero-order valence-corrected chi connectivity index (χ0v) is 13.6. The molecule has 2 atom stereocenters. The molecule has 2 rings (SSSR count). The van der Waals surface area contributed by atoms with Crippen LogP contribution in [0.5, 0.6) is 0 Å². The van der Waals surface area contributed by atoms with Crippen LogP contribution < -0.4 is 5.32 Å². The minimum atomic E-state index is 0.112. The van der Waals surface area contributed by atoms with E-state index in [0.717, 1.165) is 44.8 Å². The fourth-order valence-electron chi connectivity index (χ4n) is 3.10. The van der Waals surface area contributed by atoms with Crippen molar-refractivity contribution in [3.05, 3.63) is 0 Å². The predicted molar refractivity (Wildman–Crippen MR) is 84.2 cm³/mol. The molecule has 116 valence electrons. The monoisotopic (exact) mass is 300 g/mol. The third-order valence-electron chi connectivity index (χ3n) is 4.18. The first-order valence-electron chi connectivity index (χ1n) is 7.90. The van der Waals surface area contributed by atoms with E-state index in [1.165, 1.54) is 12.2 Å². The van der Waals surface area contributed by atoms with Gasteiger partial charge in [0.25, 0.3) is 0 Å². The van der Waals surface area contributed by atoms with Crippen LogP contribution in [0.15, 0.2) is 0 Å². The maximum absolute atomic E-state index is 12.2. The summed E-state index contributed by atoms with van der Waals surface area (Å²) in [6.07, 6.45) is 3.69. The number of nitrogens with zero attached hydrogens (tertiary/aromatic N) is 1. The van der Waals surface area contributed by atoms with Crippen molar-refractivity contribution in [2.75, 3.05) is 37.7 Å². The maximum Gasteiger partial charge on any atom is 0.317 e. The SMILES string of the molecule is CC(C)[C@H]1OCCC[C@H]1CNC(=O)N1CCCSCC1. The number of carbonyl (C=O) groups excluding carboxylic acids is 1. The van der Waals surface area contributed by atoms with Gasteiger partial charge in [-0.3, -0.25) is 0 Å². The summed E-state index contributed by atoms with van der Waals surface area (Å²) in [6, 6.07) is 0.112. The lowest BCUT2D eigenvalue weighted by Gasteiger charge is -2.35. The number of carbonyl (C=O) groups is 1. The van der Waals surface area contributed by atoms with Gasteiger partial charge in [0.15, 0.2) is 0 Å². The highest BCUT2D eigenvalue weighted by Gasteiger charge is 2.29. The molecule has 2 heterocycles. The van der Waals surface area contributed by atoms with E-state index in [4.69, 9.17) is 4.74 Å². The van der Waals surface area contributed by atoms with E-state index in [-0.39, 0.29) is 6.03 Å². The average molecular weight is 300 g/mol. The van der Waals surface area contributed by atoms with Crippen molar-refractivity contribution in [3.63, 3.8) is 0 Å². The summed E-state index contributed by atoms with van der Waals surface area (Å²) in [5, 5.41) is 3.13. The number of hydrogen-bond acceptors (Lipinski definition) is 3. The van der Waals surface area contributed by atoms with Crippen molar-refractivity contribution >= 4 is 17.8 Å². The molecule has 4 nitrogen and oxygen atoms in total. The summed E-state index contributed by atoms with van der Waals surface area (Å²) in [5.74, 6) is 3.23. The lowest BCUT2D eigenvalue weighted by molar-refractivity contribution is -0.0510. The van der Waals surface area contributed by atoms with Gasteiger partial charge in [-0.1, -0.05) is 13.8 Å². The molecule has 5 heteroatoms. The van der Waals surface area contributed by atoms with Crippen LogP contribution in [0.3, 0.4) is 0 Å². The fraction of sp³-hybridized carbons (Fsp3) is 0.933. The number of nitrogens with one attached hydrogen (secondary N) is 1. The Morgan fingerprint density at radius 2 is 2.20 bits per heavy atom. The number of ether oxygens (including phenoxy) is 1. The van der Waals surface area contributed by atoms with E-state index in [2.05, 4.69) is 19.2 Å². The average Bonchev–Trinajstić information content (AvgIpc) is 2.74. The van der Waals surface area contributed by atoms with Crippen LogP contribution in [-0.2, 0) is 4.74 Å². The molecule has 0 aliphatic carbocycles. The summed E-state index contributed by atoms with van der Waals surface area (Å²) in [4.78, 5) is 14.2. The lowest BCUT2D eigenvalue weighted by atomic mass is 9.87. The summed E-state index contributed by atoms with van der Waals surface area (Å²) >= 11 is 1.95. The quantitative estimate of drug-likeness (QED) is 0.871. The molecule has 1 N–H and O–H groups in total. The highest BCUT2D eigenvalue weighted by Crippen LogP contribution is 2.25. The molecule has 0 unspecified atom stereocenters. The fourth-order valence-corrected chi connectivity index (χ4v) is 3.99. The van der Waals surface area contributed by atoms with Crippen molar-refractivity contribution in [2.45, 2.75) is 39.2 Å². The first-order valence-corrected chi connectivity index (χ1v) is 9.06. The molecular weight excluding hydrogens is 272 g/mol.